The number of aliphatic hydroxyl groups is 1. The van der Waals surface area contributed by atoms with E-state index in [-0.39, 0.29) is 28.0 Å². The molecule has 7 heteroatoms. The number of methoxy groups -OCH3 is 1. The van der Waals surface area contributed by atoms with Gasteiger partial charge in [-0.3, -0.25) is 19.2 Å². The highest BCUT2D eigenvalue weighted by molar-refractivity contribution is 6.52. The van der Waals surface area contributed by atoms with Gasteiger partial charge >= 0.3 is 0 Å². The lowest BCUT2D eigenvalue weighted by Gasteiger charge is -2.24. The quantitative estimate of drug-likeness (QED) is 0.837. The Morgan fingerprint density at radius 1 is 0.750 bits per heavy atom. The van der Waals surface area contributed by atoms with E-state index in [4.69, 9.17) is 16.3 Å². The molecule has 0 aliphatic heterocycles. The second-order valence-corrected chi connectivity index (χ2v) is 6.54. The first-order chi connectivity index (χ1) is 13.4. The van der Waals surface area contributed by atoms with E-state index in [9.17, 15) is 24.3 Å². The largest absolute Gasteiger partial charge is 0.504 e. The maximum atomic E-state index is 13.2. The van der Waals surface area contributed by atoms with Crippen molar-refractivity contribution in [2.24, 2.45) is 0 Å². The normalized spacial score (nSPS) is 16.4. The van der Waals surface area contributed by atoms with Crippen molar-refractivity contribution in [3.63, 3.8) is 0 Å². The fraction of sp³-hybridized carbons (Fsp3) is 0.0476. The Morgan fingerprint density at radius 3 is 2.00 bits per heavy atom. The monoisotopic (exact) mass is 394 g/mol. The maximum Gasteiger partial charge on any atom is 0.228 e. The zero-order valence-corrected chi connectivity index (χ0v) is 15.2. The molecule has 2 aromatic carbocycles. The number of hydrogen-bond acceptors (Lipinski definition) is 6. The van der Waals surface area contributed by atoms with Crippen LogP contribution in [-0.4, -0.2) is 35.3 Å². The predicted octanol–water partition coefficient (Wildman–Crippen LogP) is 3.46. The highest BCUT2D eigenvalue weighted by Gasteiger charge is 2.42. The predicted molar refractivity (Wildman–Crippen MR) is 99.3 cm³/mol. The SMILES string of the molecule is COc1cccc2c1C(=O)C(C1=C(Cl)C(=O)c3ccccc3C1=O)=C(O)C2=O. The first kappa shape index (κ1) is 17.9. The van der Waals surface area contributed by atoms with Crippen LogP contribution in [0.3, 0.4) is 0 Å². The summed E-state index contributed by atoms with van der Waals surface area (Å²) >= 11 is 6.14. The molecule has 0 fully saturated rings. The molecular formula is C21H11ClO6. The van der Waals surface area contributed by atoms with E-state index in [0.29, 0.717) is 0 Å². The van der Waals surface area contributed by atoms with E-state index in [2.05, 4.69) is 0 Å². The molecule has 1 N–H and O–H groups in total. The summed E-state index contributed by atoms with van der Waals surface area (Å²) in [5.74, 6) is -3.90. The van der Waals surface area contributed by atoms with Crippen LogP contribution in [0.25, 0.3) is 0 Å². The second kappa shape index (κ2) is 6.28. The molecule has 0 unspecified atom stereocenters. The molecule has 0 spiro atoms. The number of ether oxygens (including phenoxy) is 1. The third-order valence-electron chi connectivity index (χ3n) is 4.71. The molecule has 0 amide bonds. The zero-order chi connectivity index (χ0) is 20.2. The third kappa shape index (κ3) is 2.28. The molecule has 0 radical (unpaired) electrons. The Labute approximate surface area is 163 Å². The second-order valence-electron chi connectivity index (χ2n) is 6.16. The van der Waals surface area contributed by atoms with Gasteiger partial charge in [-0.1, -0.05) is 41.9 Å². The van der Waals surface area contributed by atoms with Gasteiger partial charge in [0.1, 0.15) is 10.8 Å². The van der Waals surface area contributed by atoms with Gasteiger partial charge in [-0.25, -0.2) is 0 Å². The summed E-state index contributed by atoms with van der Waals surface area (Å²) in [6.45, 7) is 0. The number of Topliss-reactive ketones (excluding diaryl/α,β-unsaturated/α-hetero) is 4. The van der Waals surface area contributed by atoms with Gasteiger partial charge in [0, 0.05) is 16.7 Å². The first-order valence-corrected chi connectivity index (χ1v) is 8.54. The molecule has 4 rings (SSSR count). The molecule has 0 heterocycles. The van der Waals surface area contributed by atoms with E-state index in [0.717, 1.165) is 0 Å². The summed E-state index contributed by atoms with van der Waals surface area (Å²) in [7, 11) is 1.32. The van der Waals surface area contributed by atoms with Crippen LogP contribution in [0.1, 0.15) is 41.4 Å². The van der Waals surface area contributed by atoms with Crippen molar-refractivity contribution in [3.05, 3.63) is 86.7 Å². The van der Waals surface area contributed by atoms with Gasteiger partial charge in [-0.05, 0) is 12.1 Å². The van der Waals surface area contributed by atoms with Crippen LogP contribution < -0.4 is 4.74 Å². The highest BCUT2D eigenvalue weighted by Crippen LogP contribution is 2.39. The summed E-state index contributed by atoms with van der Waals surface area (Å²) in [4.78, 5) is 51.4. The minimum atomic E-state index is -0.931. The molecule has 2 aromatic rings. The molecule has 6 nitrogen and oxygen atoms in total. The van der Waals surface area contributed by atoms with Gasteiger partial charge in [-0.15, -0.1) is 0 Å². The Bertz CT molecular complexity index is 1190. The number of benzene rings is 2. The van der Waals surface area contributed by atoms with Crippen molar-refractivity contribution in [2.75, 3.05) is 7.11 Å². The number of ketones is 4. The lowest BCUT2D eigenvalue weighted by Crippen LogP contribution is -2.29. The fourth-order valence-electron chi connectivity index (χ4n) is 3.40. The fourth-order valence-corrected chi connectivity index (χ4v) is 3.68. The van der Waals surface area contributed by atoms with Gasteiger partial charge in [0.25, 0.3) is 0 Å². The number of allylic oxidation sites excluding steroid dienone is 4. The number of carbonyl (C=O) groups excluding carboxylic acids is 4. The minimum absolute atomic E-state index is 0.0401. The van der Waals surface area contributed by atoms with E-state index in [1.807, 2.05) is 0 Å². The smallest absolute Gasteiger partial charge is 0.228 e. The minimum Gasteiger partial charge on any atom is -0.504 e. The molecule has 0 saturated heterocycles. The molecule has 2 aliphatic rings. The topological polar surface area (TPSA) is 97.7 Å². The molecule has 0 atom stereocenters. The molecule has 2 aliphatic carbocycles. The molecule has 138 valence electrons. The molecule has 0 bridgehead atoms. The Balaban J connectivity index is 1.99. The van der Waals surface area contributed by atoms with Gasteiger partial charge in [0.05, 0.1) is 23.8 Å². The average Bonchev–Trinajstić information content (AvgIpc) is 2.72. The van der Waals surface area contributed by atoms with Crippen molar-refractivity contribution < 1.29 is 29.0 Å². The van der Waals surface area contributed by atoms with Gasteiger partial charge in [-0.2, -0.15) is 0 Å². The summed E-state index contributed by atoms with van der Waals surface area (Å²) < 4.78 is 5.16. The van der Waals surface area contributed by atoms with Crippen molar-refractivity contribution in [1.82, 2.24) is 0 Å². The Morgan fingerprint density at radius 2 is 1.36 bits per heavy atom. The van der Waals surface area contributed by atoms with Crippen LogP contribution in [0, 0.1) is 0 Å². The van der Waals surface area contributed by atoms with E-state index < -0.39 is 45.1 Å². The lowest BCUT2D eigenvalue weighted by molar-refractivity contribution is 0.0920. The molecule has 28 heavy (non-hydrogen) atoms. The van der Waals surface area contributed by atoms with Crippen LogP contribution >= 0.6 is 11.6 Å². The summed E-state index contributed by atoms with van der Waals surface area (Å²) in [6, 6.07) is 10.3. The maximum absolute atomic E-state index is 13.2. The number of aliphatic hydroxyl groups excluding tert-OH is 1. The molecular weight excluding hydrogens is 384 g/mol. The number of rotatable bonds is 2. The van der Waals surface area contributed by atoms with Crippen LogP contribution in [0.15, 0.2) is 64.4 Å². The van der Waals surface area contributed by atoms with E-state index in [1.165, 1.54) is 37.4 Å². The van der Waals surface area contributed by atoms with Crippen LogP contribution in [-0.2, 0) is 0 Å². The number of carbonyl (C=O) groups is 4. The van der Waals surface area contributed by atoms with Crippen molar-refractivity contribution in [3.8, 4) is 5.75 Å². The Hall–Kier alpha value is -3.51. The Kier molecular flexibility index (Phi) is 4.01. The van der Waals surface area contributed by atoms with Crippen molar-refractivity contribution in [2.45, 2.75) is 0 Å². The van der Waals surface area contributed by atoms with E-state index >= 15 is 0 Å². The number of halogens is 1. The number of fused-ring (bicyclic) bond motifs is 2. The van der Waals surface area contributed by atoms with E-state index in [1.54, 1.807) is 12.1 Å². The zero-order valence-electron chi connectivity index (χ0n) is 14.4. The standard InChI is InChI=1S/C21H11ClO6/c1-28-12-8-4-7-11-13(12)20(26)15(21(27)19(11)25)14-16(22)18(24)10-6-3-2-5-9(10)17(14)23/h2-8,27H,1H3. The molecule has 0 aromatic heterocycles. The average molecular weight is 395 g/mol. The van der Waals surface area contributed by atoms with Gasteiger partial charge in [0.2, 0.25) is 17.3 Å². The molecule has 0 saturated carbocycles. The van der Waals surface area contributed by atoms with Gasteiger partial charge < -0.3 is 9.84 Å². The van der Waals surface area contributed by atoms with Crippen molar-refractivity contribution >= 4 is 34.7 Å². The summed E-state index contributed by atoms with van der Waals surface area (Å²) in [5.41, 5.74) is -1.11. The first-order valence-electron chi connectivity index (χ1n) is 8.16. The third-order valence-corrected chi connectivity index (χ3v) is 5.07. The highest BCUT2D eigenvalue weighted by atomic mass is 35.5. The van der Waals surface area contributed by atoms with Crippen LogP contribution in [0.2, 0.25) is 0 Å². The lowest BCUT2D eigenvalue weighted by atomic mass is 9.79. The number of hydrogen-bond donors (Lipinski definition) is 1. The van der Waals surface area contributed by atoms with Crippen molar-refractivity contribution in [1.29, 1.82) is 0 Å². The van der Waals surface area contributed by atoms with Crippen LogP contribution in [0.5, 0.6) is 5.75 Å². The van der Waals surface area contributed by atoms with Gasteiger partial charge in [0.15, 0.2) is 11.5 Å². The summed E-state index contributed by atoms with van der Waals surface area (Å²) in [5, 5.41) is 9.93. The summed E-state index contributed by atoms with van der Waals surface area (Å²) in [6.07, 6.45) is 0. The van der Waals surface area contributed by atoms with Crippen LogP contribution in [0.4, 0.5) is 0 Å².